The molecular formula is C18H14Cl3N3O. The Kier molecular flexibility index (Phi) is 5.04. The van der Waals surface area contributed by atoms with Crippen molar-refractivity contribution in [2.24, 2.45) is 16.8 Å². The zero-order valence-corrected chi connectivity index (χ0v) is 15.5. The standard InChI is InChI=1S/C18H14Cl3N3O/c1-10-8-16(11-2-4-12(19)5-3-11)24(23-17(10)18(22)25)15-7-6-13(20)9-14(15)21/h2-10H,1H3,(H2,22,25). The monoisotopic (exact) mass is 393 g/mol. The van der Waals surface area contributed by atoms with Crippen LogP contribution in [0, 0.1) is 5.92 Å². The number of nitrogens with zero attached hydrogens (tertiary/aromatic N) is 2. The number of carbonyl (C=O) groups is 1. The van der Waals surface area contributed by atoms with E-state index in [0.29, 0.717) is 20.8 Å². The number of rotatable bonds is 3. The Labute approximate surface area is 160 Å². The van der Waals surface area contributed by atoms with E-state index in [1.807, 2.05) is 25.1 Å². The topological polar surface area (TPSA) is 58.7 Å². The van der Waals surface area contributed by atoms with Gasteiger partial charge < -0.3 is 5.73 Å². The normalized spacial score (nSPS) is 17.1. The summed E-state index contributed by atoms with van der Waals surface area (Å²) in [6.45, 7) is 1.86. The number of anilines is 1. The first-order chi connectivity index (χ1) is 11.9. The molecule has 0 aromatic heterocycles. The maximum Gasteiger partial charge on any atom is 0.265 e. The summed E-state index contributed by atoms with van der Waals surface area (Å²) in [6, 6.07) is 12.4. The molecule has 0 saturated heterocycles. The van der Waals surface area contributed by atoms with E-state index in [0.717, 1.165) is 11.3 Å². The van der Waals surface area contributed by atoms with Gasteiger partial charge in [0.2, 0.25) is 0 Å². The molecule has 2 N–H and O–H groups in total. The number of benzene rings is 2. The summed E-state index contributed by atoms with van der Waals surface area (Å²) >= 11 is 18.3. The lowest BCUT2D eigenvalue weighted by Gasteiger charge is -2.29. The maximum atomic E-state index is 11.7. The molecule has 7 heteroatoms. The van der Waals surface area contributed by atoms with Crippen LogP contribution in [0.2, 0.25) is 15.1 Å². The largest absolute Gasteiger partial charge is 0.364 e. The summed E-state index contributed by atoms with van der Waals surface area (Å²) in [6.07, 6.45) is 1.92. The quantitative estimate of drug-likeness (QED) is 0.797. The second-order valence-electron chi connectivity index (χ2n) is 5.60. The second kappa shape index (κ2) is 7.08. The van der Waals surface area contributed by atoms with Crippen molar-refractivity contribution in [3.63, 3.8) is 0 Å². The summed E-state index contributed by atoms with van der Waals surface area (Å²) in [5.74, 6) is -0.806. The first kappa shape index (κ1) is 17.8. The van der Waals surface area contributed by atoms with E-state index in [9.17, 15) is 4.79 Å². The minimum Gasteiger partial charge on any atom is -0.364 e. The number of hydrogen-bond acceptors (Lipinski definition) is 3. The van der Waals surface area contributed by atoms with E-state index in [1.54, 1.807) is 35.3 Å². The summed E-state index contributed by atoms with van der Waals surface area (Å²) in [5.41, 5.74) is 7.98. The Hall–Kier alpha value is -2.01. The van der Waals surface area contributed by atoms with Crippen LogP contribution in [0.15, 0.2) is 53.6 Å². The third-order valence-electron chi connectivity index (χ3n) is 3.81. The molecule has 1 heterocycles. The molecule has 1 atom stereocenters. The van der Waals surface area contributed by atoms with E-state index in [-0.39, 0.29) is 11.6 Å². The molecule has 1 aliphatic rings. The first-order valence-corrected chi connectivity index (χ1v) is 8.61. The van der Waals surface area contributed by atoms with Gasteiger partial charge in [0.25, 0.3) is 5.91 Å². The fourth-order valence-corrected chi connectivity index (χ4v) is 3.20. The van der Waals surface area contributed by atoms with Crippen LogP contribution in [-0.4, -0.2) is 11.6 Å². The Morgan fingerprint density at radius 3 is 2.32 bits per heavy atom. The lowest BCUT2D eigenvalue weighted by molar-refractivity contribution is -0.112. The molecule has 0 fully saturated rings. The minimum absolute atomic E-state index is 0.231. The van der Waals surface area contributed by atoms with Gasteiger partial charge >= 0.3 is 0 Å². The smallest absolute Gasteiger partial charge is 0.265 e. The summed E-state index contributed by atoms with van der Waals surface area (Å²) in [7, 11) is 0. The number of primary amides is 1. The fraction of sp³-hybridized carbons (Fsp3) is 0.111. The first-order valence-electron chi connectivity index (χ1n) is 7.48. The predicted molar refractivity (Wildman–Crippen MR) is 104 cm³/mol. The molecule has 0 bridgehead atoms. The third kappa shape index (κ3) is 3.66. The molecule has 1 unspecified atom stereocenters. The van der Waals surface area contributed by atoms with Gasteiger partial charge in [0, 0.05) is 16.0 Å². The number of amides is 1. The van der Waals surface area contributed by atoms with Gasteiger partial charge in [-0.1, -0.05) is 53.9 Å². The number of nitrogens with two attached hydrogens (primary N) is 1. The Bertz CT molecular complexity index is 891. The van der Waals surface area contributed by atoms with Gasteiger partial charge in [-0.25, -0.2) is 5.01 Å². The summed E-state index contributed by atoms with van der Waals surface area (Å²) in [5, 5.41) is 7.60. The lowest BCUT2D eigenvalue weighted by Crippen LogP contribution is -2.35. The van der Waals surface area contributed by atoms with Crippen molar-refractivity contribution in [3.05, 3.63) is 69.2 Å². The molecule has 1 amide bonds. The number of carbonyl (C=O) groups excluding carboxylic acids is 1. The molecule has 0 spiro atoms. The van der Waals surface area contributed by atoms with Gasteiger partial charge in [0.05, 0.1) is 16.4 Å². The van der Waals surface area contributed by atoms with Crippen molar-refractivity contribution >= 4 is 57.8 Å². The number of halogens is 3. The van der Waals surface area contributed by atoms with Crippen molar-refractivity contribution in [3.8, 4) is 0 Å². The van der Waals surface area contributed by atoms with E-state index < -0.39 is 5.91 Å². The summed E-state index contributed by atoms with van der Waals surface area (Å²) in [4.78, 5) is 11.7. The van der Waals surface area contributed by atoms with Crippen LogP contribution >= 0.6 is 34.8 Å². The highest BCUT2D eigenvalue weighted by Gasteiger charge is 2.27. The average molecular weight is 395 g/mol. The van der Waals surface area contributed by atoms with Crippen molar-refractivity contribution in [2.75, 3.05) is 5.01 Å². The molecule has 128 valence electrons. The van der Waals surface area contributed by atoms with Crippen molar-refractivity contribution in [2.45, 2.75) is 6.92 Å². The third-order valence-corrected chi connectivity index (χ3v) is 4.60. The molecule has 0 saturated carbocycles. The highest BCUT2D eigenvalue weighted by Crippen LogP contribution is 2.37. The fourth-order valence-electron chi connectivity index (χ4n) is 2.59. The molecule has 2 aromatic rings. The van der Waals surface area contributed by atoms with Gasteiger partial charge in [-0.05, 0) is 42.0 Å². The summed E-state index contributed by atoms with van der Waals surface area (Å²) < 4.78 is 0. The number of allylic oxidation sites excluding steroid dienone is 1. The highest BCUT2D eigenvalue weighted by molar-refractivity contribution is 6.40. The SMILES string of the molecule is CC1C=C(c2ccc(Cl)cc2)N(c2ccc(Cl)cc2Cl)N=C1C(N)=O. The molecule has 1 aliphatic heterocycles. The van der Waals surface area contributed by atoms with Crippen molar-refractivity contribution in [1.82, 2.24) is 0 Å². The van der Waals surface area contributed by atoms with Crippen LogP contribution in [0.3, 0.4) is 0 Å². The molecule has 25 heavy (non-hydrogen) atoms. The zero-order chi connectivity index (χ0) is 18.1. The van der Waals surface area contributed by atoms with E-state index in [4.69, 9.17) is 40.5 Å². The van der Waals surface area contributed by atoms with E-state index >= 15 is 0 Å². The Morgan fingerprint density at radius 2 is 1.72 bits per heavy atom. The highest BCUT2D eigenvalue weighted by atomic mass is 35.5. The molecule has 0 radical (unpaired) electrons. The Morgan fingerprint density at radius 1 is 1.08 bits per heavy atom. The maximum absolute atomic E-state index is 11.7. The van der Waals surface area contributed by atoms with Crippen LogP contribution in [0.25, 0.3) is 5.70 Å². The van der Waals surface area contributed by atoms with Gasteiger partial charge in [-0.3, -0.25) is 4.79 Å². The zero-order valence-electron chi connectivity index (χ0n) is 13.2. The molecular weight excluding hydrogens is 381 g/mol. The average Bonchev–Trinajstić information content (AvgIpc) is 2.55. The minimum atomic E-state index is -0.575. The van der Waals surface area contributed by atoms with Crippen molar-refractivity contribution in [1.29, 1.82) is 0 Å². The van der Waals surface area contributed by atoms with E-state index in [1.165, 1.54) is 0 Å². The molecule has 2 aromatic carbocycles. The van der Waals surface area contributed by atoms with Crippen molar-refractivity contribution < 1.29 is 4.79 Å². The van der Waals surface area contributed by atoms with Gasteiger partial charge in [-0.2, -0.15) is 5.10 Å². The van der Waals surface area contributed by atoms with E-state index in [2.05, 4.69) is 5.10 Å². The molecule has 4 nitrogen and oxygen atoms in total. The van der Waals surface area contributed by atoms with Crippen LogP contribution < -0.4 is 10.7 Å². The van der Waals surface area contributed by atoms with Gasteiger partial charge in [0.15, 0.2) is 0 Å². The van der Waals surface area contributed by atoms with Gasteiger partial charge in [0.1, 0.15) is 5.71 Å². The van der Waals surface area contributed by atoms with Crippen LogP contribution in [0.1, 0.15) is 12.5 Å². The lowest BCUT2D eigenvalue weighted by atomic mass is 9.98. The Balaban J connectivity index is 2.15. The van der Waals surface area contributed by atoms with Crippen LogP contribution in [-0.2, 0) is 4.79 Å². The molecule has 3 rings (SSSR count). The van der Waals surface area contributed by atoms with Gasteiger partial charge in [-0.15, -0.1) is 0 Å². The second-order valence-corrected chi connectivity index (χ2v) is 6.88. The number of hydrogen-bond donors (Lipinski definition) is 1. The predicted octanol–water partition coefficient (Wildman–Crippen LogP) is 4.99. The van der Waals surface area contributed by atoms with Crippen LogP contribution in [0.4, 0.5) is 5.69 Å². The number of hydrazone groups is 1. The van der Waals surface area contributed by atoms with Crippen LogP contribution in [0.5, 0.6) is 0 Å². The molecule has 0 aliphatic carbocycles.